The number of nitrogens with zero attached hydrogens (tertiary/aromatic N) is 2. The summed E-state index contributed by atoms with van der Waals surface area (Å²) in [5, 5.41) is 3.77. The fourth-order valence-corrected chi connectivity index (χ4v) is 5.35. The van der Waals surface area contributed by atoms with Gasteiger partial charge in [-0.1, -0.05) is 72.2 Å². The Morgan fingerprint density at radius 1 is 0.711 bits per heavy atom. The van der Waals surface area contributed by atoms with Crippen molar-refractivity contribution in [2.24, 2.45) is 0 Å². The van der Waals surface area contributed by atoms with Gasteiger partial charge < -0.3 is 14.4 Å². The van der Waals surface area contributed by atoms with Crippen molar-refractivity contribution in [3.8, 4) is 22.5 Å². The van der Waals surface area contributed by atoms with Crippen LogP contribution in [0.5, 0.6) is 0 Å². The van der Waals surface area contributed by atoms with Crippen LogP contribution in [0.25, 0.3) is 44.5 Å². The van der Waals surface area contributed by atoms with Gasteiger partial charge in [0, 0.05) is 37.9 Å². The molecule has 3 aromatic heterocycles. The molecule has 0 amide bonds. The third-order valence-corrected chi connectivity index (χ3v) is 8.40. The molecular weight excluding hydrogens is 661 g/mol. The molecule has 0 aliphatic rings. The molecule has 0 atom stereocenters. The van der Waals surface area contributed by atoms with Crippen LogP contribution in [0.4, 0.5) is 0 Å². The fraction of sp³-hybridized carbons (Fsp3) is 0.152. The minimum Gasteiger partial charge on any atom is -0.501 e. The predicted molar refractivity (Wildman–Crippen MR) is 157 cm³/mol. The maximum absolute atomic E-state index is 6.18. The average molecular weight is 691 g/mol. The van der Waals surface area contributed by atoms with Crippen LogP contribution in [-0.2, 0) is 20.1 Å². The first kappa shape index (κ1) is 27.7. The molecule has 1 radical (unpaired) electrons. The van der Waals surface area contributed by atoms with E-state index in [1.54, 1.807) is 0 Å². The third-order valence-electron chi connectivity index (χ3n) is 6.36. The number of rotatable bonds is 3. The number of aromatic nitrogens is 2. The molecule has 0 saturated heterocycles. The topological polar surface area (TPSA) is 38.9 Å². The quantitative estimate of drug-likeness (QED) is 0.139. The smallest absolute Gasteiger partial charge is 0.120 e. The van der Waals surface area contributed by atoms with E-state index in [0.29, 0.717) is 0 Å². The molecule has 38 heavy (non-hydrogen) atoms. The zero-order valence-electron chi connectivity index (χ0n) is 22.3. The van der Waals surface area contributed by atoms with Crippen LogP contribution in [0.1, 0.15) is 11.1 Å². The molecule has 5 heteroatoms. The molecule has 6 rings (SSSR count). The average Bonchev–Trinajstić information content (AvgIpc) is 3.28. The molecule has 0 fully saturated rings. The number of aryl methyl sites for hydroxylation is 2. The van der Waals surface area contributed by atoms with Crippen molar-refractivity contribution in [3.63, 3.8) is 0 Å². The molecule has 3 nitrogen and oxygen atoms in total. The van der Waals surface area contributed by atoms with Crippen molar-refractivity contribution in [3.05, 3.63) is 115 Å². The van der Waals surface area contributed by atoms with Crippen molar-refractivity contribution in [1.82, 2.24) is 9.97 Å². The second-order valence-electron chi connectivity index (χ2n) is 10.4. The maximum atomic E-state index is 6.18. The molecule has 0 aliphatic heterocycles. The number of fused-ring (bicyclic) bond motifs is 3. The summed E-state index contributed by atoms with van der Waals surface area (Å²) >= 11 is 0. The van der Waals surface area contributed by atoms with Gasteiger partial charge in [0.05, 0.1) is 13.7 Å². The van der Waals surface area contributed by atoms with E-state index in [-0.39, 0.29) is 20.1 Å². The Bertz CT molecular complexity index is 1650. The van der Waals surface area contributed by atoms with E-state index in [1.165, 1.54) is 16.1 Å². The summed E-state index contributed by atoms with van der Waals surface area (Å²) in [5.74, 6) is 0. The van der Waals surface area contributed by atoms with Gasteiger partial charge in [-0.25, -0.2) is 0 Å². The van der Waals surface area contributed by atoms with Crippen molar-refractivity contribution in [2.45, 2.75) is 33.5 Å². The molecule has 3 aromatic carbocycles. The summed E-state index contributed by atoms with van der Waals surface area (Å²) in [7, 11) is -1.36. The summed E-state index contributed by atoms with van der Waals surface area (Å²) < 4.78 is 6.18. The number of hydrogen-bond donors (Lipinski definition) is 0. The van der Waals surface area contributed by atoms with Crippen molar-refractivity contribution in [2.75, 3.05) is 0 Å². The molecular formula is C33H30IrN2OSi-2. The first-order valence-corrected chi connectivity index (χ1v) is 16.0. The molecule has 0 saturated carbocycles. The maximum Gasteiger partial charge on any atom is 0.120 e. The van der Waals surface area contributed by atoms with Gasteiger partial charge in [0.25, 0.3) is 0 Å². The number of benzene rings is 3. The summed E-state index contributed by atoms with van der Waals surface area (Å²) in [5.41, 5.74) is 7.98. The standard InChI is InChI=1S/C21H20NOSi.C12H10N.Ir/c1-14-8-10-19(22-13-14)17-7-5-6-16-18-12-15(24(2,3)4)9-11-20(18)23-21(16)17;1-10-7-8-12(13-9-10)11-5-3-2-4-6-11;/h5-6,8-13H,1-4H3;2-5,7-9H,1H3;/q2*-1;. The SMILES string of the molecule is Cc1ccc(-c2[c-]ccc3c2oc2ccc([Si](C)(C)C)cc23)nc1.Cc1ccc(-c2[c-]cccc2)nc1.[Ir]. The Morgan fingerprint density at radius 3 is 2.03 bits per heavy atom. The van der Waals surface area contributed by atoms with Gasteiger partial charge in [-0.05, 0) is 42.4 Å². The van der Waals surface area contributed by atoms with Crippen molar-refractivity contribution in [1.29, 1.82) is 0 Å². The van der Waals surface area contributed by atoms with Crippen LogP contribution in [0.3, 0.4) is 0 Å². The monoisotopic (exact) mass is 691 g/mol. The first-order chi connectivity index (χ1) is 17.8. The predicted octanol–water partition coefficient (Wildman–Crippen LogP) is 8.16. The van der Waals surface area contributed by atoms with Crippen molar-refractivity contribution >= 4 is 35.2 Å². The molecule has 0 unspecified atom stereocenters. The van der Waals surface area contributed by atoms with Gasteiger partial charge in [-0.15, -0.1) is 54.1 Å². The summed E-state index contributed by atoms with van der Waals surface area (Å²) in [6.45, 7) is 11.2. The van der Waals surface area contributed by atoms with Crippen LogP contribution >= 0.6 is 0 Å². The normalized spacial score (nSPS) is 11.1. The molecule has 0 bridgehead atoms. The number of hydrogen-bond acceptors (Lipinski definition) is 3. The largest absolute Gasteiger partial charge is 0.501 e. The van der Waals surface area contributed by atoms with Crippen LogP contribution in [-0.4, -0.2) is 18.0 Å². The molecule has 6 aromatic rings. The van der Waals surface area contributed by atoms with Crippen LogP contribution < -0.4 is 5.19 Å². The van der Waals surface area contributed by atoms with Gasteiger partial charge in [0.1, 0.15) is 5.58 Å². The third kappa shape index (κ3) is 6.02. The molecule has 3 heterocycles. The van der Waals surface area contributed by atoms with E-state index >= 15 is 0 Å². The van der Waals surface area contributed by atoms with E-state index in [1.807, 2.05) is 68.7 Å². The van der Waals surface area contributed by atoms with E-state index in [9.17, 15) is 0 Å². The first-order valence-electron chi connectivity index (χ1n) is 12.5. The zero-order valence-corrected chi connectivity index (χ0v) is 25.7. The Hall–Kier alpha value is -3.37. The van der Waals surface area contributed by atoms with Gasteiger partial charge in [0.15, 0.2) is 0 Å². The van der Waals surface area contributed by atoms with Crippen LogP contribution in [0.2, 0.25) is 19.6 Å². The Balaban J connectivity index is 0.000000204. The molecule has 0 N–H and O–H groups in total. The number of furan rings is 1. The minimum atomic E-state index is -1.36. The Morgan fingerprint density at radius 2 is 1.42 bits per heavy atom. The summed E-state index contributed by atoms with van der Waals surface area (Å²) in [4.78, 5) is 8.86. The van der Waals surface area contributed by atoms with Crippen LogP contribution in [0.15, 0.2) is 95.7 Å². The van der Waals surface area contributed by atoms with E-state index in [0.717, 1.165) is 44.6 Å². The van der Waals surface area contributed by atoms with E-state index < -0.39 is 8.07 Å². The Kier molecular flexibility index (Phi) is 8.42. The minimum absolute atomic E-state index is 0. The molecule has 0 aliphatic carbocycles. The van der Waals surface area contributed by atoms with Gasteiger partial charge in [-0.3, -0.25) is 0 Å². The molecule has 193 valence electrons. The summed E-state index contributed by atoms with van der Waals surface area (Å²) in [6, 6.07) is 33.2. The van der Waals surface area contributed by atoms with Crippen molar-refractivity contribution < 1.29 is 24.5 Å². The van der Waals surface area contributed by atoms with E-state index in [4.69, 9.17) is 4.42 Å². The van der Waals surface area contributed by atoms with E-state index in [2.05, 4.69) is 78.1 Å². The zero-order chi connectivity index (χ0) is 26.0. The molecule has 0 spiro atoms. The van der Waals surface area contributed by atoms with Crippen LogP contribution in [0, 0.1) is 26.0 Å². The fourth-order valence-electron chi connectivity index (χ4n) is 4.19. The van der Waals surface area contributed by atoms with Gasteiger partial charge >= 0.3 is 0 Å². The number of pyridine rings is 2. The van der Waals surface area contributed by atoms with Gasteiger partial charge in [-0.2, -0.15) is 0 Å². The second kappa shape index (κ2) is 11.6. The van der Waals surface area contributed by atoms with Gasteiger partial charge in [0.2, 0.25) is 0 Å². The second-order valence-corrected chi connectivity index (χ2v) is 15.5. The summed E-state index contributed by atoms with van der Waals surface area (Å²) in [6.07, 6.45) is 3.75. The Labute approximate surface area is 239 Å².